The van der Waals surface area contributed by atoms with Crippen LogP contribution in [0.25, 0.3) is 17.2 Å². The normalized spacial score (nSPS) is 15.4. The zero-order valence-electron chi connectivity index (χ0n) is 16.9. The maximum Gasteiger partial charge on any atom is 0.586 e. The second-order valence-electron chi connectivity index (χ2n) is 7.48. The Labute approximate surface area is 183 Å². The van der Waals surface area contributed by atoms with Crippen LogP contribution in [-0.2, 0) is 4.74 Å². The molecule has 0 saturated heterocycles. The van der Waals surface area contributed by atoms with Crippen molar-refractivity contribution in [3.8, 4) is 22.6 Å². The summed E-state index contributed by atoms with van der Waals surface area (Å²) in [6, 6.07) is 20.7. The van der Waals surface area contributed by atoms with E-state index in [1.807, 2.05) is 24.3 Å². The third-order valence-electron chi connectivity index (χ3n) is 5.44. The lowest BCUT2D eigenvalue weighted by molar-refractivity contribution is -0.286. The van der Waals surface area contributed by atoms with Crippen LogP contribution in [0.15, 0.2) is 72.8 Å². The Hall–Kier alpha value is -3.87. The molecule has 0 unspecified atom stereocenters. The molecule has 5 rings (SSSR count). The van der Waals surface area contributed by atoms with Crippen LogP contribution in [-0.4, -0.2) is 25.5 Å². The molecule has 0 spiro atoms. The van der Waals surface area contributed by atoms with Crippen LogP contribution in [0.5, 0.6) is 11.5 Å². The molecule has 1 heterocycles. The number of halogens is 2. The van der Waals surface area contributed by atoms with Crippen LogP contribution in [0.2, 0.25) is 0 Å². The molecule has 3 aromatic rings. The summed E-state index contributed by atoms with van der Waals surface area (Å²) in [7, 11) is 0. The minimum absolute atomic E-state index is 0.00421. The molecule has 0 bridgehead atoms. The molecule has 0 fully saturated rings. The highest BCUT2D eigenvalue weighted by atomic mass is 19.3. The molecule has 0 radical (unpaired) electrons. The van der Waals surface area contributed by atoms with Crippen molar-refractivity contribution in [3.05, 3.63) is 89.5 Å². The summed E-state index contributed by atoms with van der Waals surface area (Å²) in [5.74, 6) is -0.0407. The van der Waals surface area contributed by atoms with E-state index < -0.39 is 12.4 Å². The molecule has 162 valence electrons. The number of nitrogens with one attached hydrogen (secondary N) is 1. The van der Waals surface area contributed by atoms with Gasteiger partial charge in [0, 0.05) is 12.5 Å². The van der Waals surface area contributed by atoms with Gasteiger partial charge in [0.25, 0.3) is 0 Å². The van der Waals surface area contributed by atoms with Crippen molar-refractivity contribution in [3.63, 3.8) is 0 Å². The number of alkyl carbamates (subject to hydrolysis) is 1. The van der Waals surface area contributed by atoms with Gasteiger partial charge >= 0.3 is 12.4 Å². The number of carbonyl (C=O) groups is 1. The van der Waals surface area contributed by atoms with Crippen LogP contribution in [0.4, 0.5) is 13.6 Å². The van der Waals surface area contributed by atoms with Crippen molar-refractivity contribution in [1.82, 2.24) is 5.32 Å². The minimum Gasteiger partial charge on any atom is -0.449 e. The topological polar surface area (TPSA) is 56.8 Å². The standard InChI is InChI=1S/C25H19F2NO4/c26-25(27)31-22-12-11-16(14-23(22)32-25)6-5-13-28-24(29)30-15-21-19-9-3-1-7-17(19)18-8-2-4-10-20(18)21/h1-12,14,21H,13,15H2,(H,28,29). The summed E-state index contributed by atoms with van der Waals surface area (Å²) in [5.41, 5.74) is 5.27. The molecule has 0 aromatic heterocycles. The molecule has 0 saturated carbocycles. The maximum absolute atomic E-state index is 13.1. The number of hydrogen-bond donors (Lipinski definition) is 1. The lowest BCUT2D eigenvalue weighted by atomic mass is 9.98. The SMILES string of the molecule is O=C(NCC=Cc1ccc2c(c1)OC(F)(F)O2)OCC1c2ccccc2-c2ccccc21. The lowest BCUT2D eigenvalue weighted by Gasteiger charge is -2.14. The van der Waals surface area contributed by atoms with Crippen molar-refractivity contribution < 1.29 is 27.8 Å². The number of alkyl halides is 2. The number of carbonyl (C=O) groups excluding carboxylic acids is 1. The lowest BCUT2D eigenvalue weighted by Crippen LogP contribution is -2.26. The number of ether oxygens (including phenoxy) is 3. The Bertz CT molecular complexity index is 1160. The van der Waals surface area contributed by atoms with Crippen molar-refractivity contribution in [2.75, 3.05) is 13.2 Å². The first-order chi connectivity index (χ1) is 15.5. The number of rotatable bonds is 5. The summed E-state index contributed by atoms with van der Waals surface area (Å²) in [6.07, 6.45) is -0.793. The predicted octanol–water partition coefficient (Wildman–Crippen LogP) is 5.56. The average molecular weight is 435 g/mol. The largest absolute Gasteiger partial charge is 0.586 e. The maximum atomic E-state index is 13.1. The zero-order valence-corrected chi connectivity index (χ0v) is 16.9. The van der Waals surface area contributed by atoms with Gasteiger partial charge in [0.2, 0.25) is 0 Å². The predicted molar refractivity (Wildman–Crippen MR) is 115 cm³/mol. The van der Waals surface area contributed by atoms with E-state index in [0.29, 0.717) is 5.56 Å². The van der Waals surface area contributed by atoms with E-state index in [9.17, 15) is 13.6 Å². The van der Waals surface area contributed by atoms with E-state index in [4.69, 9.17) is 4.74 Å². The fraction of sp³-hybridized carbons (Fsp3) is 0.160. The van der Waals surface area contributed by atoms with Gasteiger partial charge in [-0.15, -0.1) is 8.78 Å². The van der Waals surface area contributed by atoms with Gasteiger partial charge in [0.1, 0.15) is 6.61 Å². The van der Waals surface area contributed by atoms with Crippen LogP contribution in [0, 0.1) is 0 Å². The summed E-state index contributed by atoms with van der Waals surface area (Å²) in [5, 5.41) is 2.67. The van der Waals surface area contributed by atoms with E-state index >= 15 is 0 Å². The minimum atomic E-state index is -3.64. The first-order valence-electron chi connectivity index (χ1n) is 10.2. The van der Waals surface area contributed by atoms with Crippen molar-refractivity contribution in [2.24, 2.45) is 0 Å². The molecule has 5 nitrogen and oxygen atoms in total. The molecule has 1 N–H and O–H groups in total. The molecule has 32 heavy (non-hydrogen) atoms. The number of amides is 1. The van der Waals surface area contributed by atoms with Crippen molar-refractivity contribution >= 4 is 12.2 Å². The highest BCUT2D eigenvalue weighted by Crippen LogP contribution is 2.44. The van der Waals surface area contributed by atoms with E-state index in [0.717, 1.165) is 11.1 Å². The summed E-state index contributed by atoms with van der Waals surface area (Å²) in [4.78, 5) is 12.2. The van der Waals surface area contributed by atoms with Crippen LogP contribution in [0.1, 0.15) is 22.6 Å². The van der Waals surface area contributed by atoms with Gasteiger partial charge in [-0.1, -0.05) is 66.7 Å². The highest BCUT2D eigenvalue weighted by molar-refractivity contribution is 5.79. The molecule has 0 atom stereocenters. The molecule has 1 aliphatic carbocycles. The molecular weight excluding hydrogens is 416 g/mol. The number of benzene rings is 3. The van der Waals surface area contributed by atoms with Gasteiger partial charge in [0.05, 0.1) is 0 Å². The summed E-state index contributed by atoms with van der Waals surface area (Å²) in [6.45, 7) is 0.460. The second-order valence-corrected chi connectivity index (χ2v) is 7.48. The smallest absolute Gasteiger partial charge is 0.449 e. The monoisotopic (exact) mass is 435 g/mol. The van der Waals surface area contributed by atoms with Gasteiger partial charge in [-0.3, -0.25) is 0 Å². The molecular formula is C25H19F2NO4. The van der Waals surface area contributed by atoms with Gasteiger partial charge < -0.3 is 19.5 Å². The second kappa shape index (κ2) is 8.00. The van der Waals surface area contributed by atoms with Crippen LogP contribution < -0.4 is 14.8 Å². The third-order valence-corrected chi connectivity index (χ3v) is 5.44. The Morgan fingerprint density at radius 1 is 0.969 bits per heavy atom. The molecule has 1 amide bonds. The summed E-state index contributed by atoms with van der Waals surface area (Å²) < 4.78 is 40.4. The van der Waals surface area contributed by atoms with Gasteiger partial charge in [-0.2, -0.15) is 0 Å². The van der Waals surface area contributed by atoms with Crippen molar-refractivity contribution in [2.45, 2.75) is 12.2 Å². The summed E-state index contributed by atoms with van der Waals surface area (Å²) >= 11 is 0. The first kappa shape index (κ1) is 20.1. The first-order valence-corrected chi connectivity index (χ1v) is 10.2. The molecule has 1 aliphatic heterocycles. The van der Waals surface area contributed by atoms with Crippen LogP contribution >= 0.6 is 0 Å². The quantitative estimate of drug-likeness (QED) is 0.570. The molecule has 7 heteroatoms. The van der Waals surface area contributed by atoms with E-state index in [2.05, 4.69) is 39.1 Å². The Morgan fingerprint density at radius 3 is 2.34 bits per heavy atom. The van der Waals surface area contributed by atoms with Gasteiger partial charge in [-0.05, 0) is 39.9 Å². The van der Waals surface area contributed by atoms with Crippen molar-refractivity contribution in [1.29, 1.82) is 0 Å². The van der Waals surface area contributed by atoms with E-state index in [1.54, 1.807) is 18.2 Å². The average Bonchev–Trinajstić information content (AvgIpc) is 3.27. The zero-order chi connectivity index (χ0) is 22.1. The van der Waals surface area contributed by atoms with E-state index in [1.165, 1.54) is 23.3 Å². The molecule has 2 aliphatic rings. The molecule has 3 aromatic carbocycles. The number of fused-ring (bicyclic) bond motifs is 4. The Morgan fingerprint density at radius 2 is 1.62 bits per heavy atom. The van der Waals surface area contributed by atoms with Gasteiger partial charge in [-0.25, -0.2) is 4.79 Å². The fourth-order valence-electron chi connectivity index (χ4n) is 4.06. The Kier molecular flexibility index (Phi) is 5.01. The highest BCUT2D eigenvalue weighted by Gasteiger charge is 2.43. The Balaban J connectivity index is 1.15. The number of hydrogen-bond acceptors (Lipinski definition) is 4. The van der Waals surface area contributed by atoms with E-state index in [-0.39, 0.29) is 30.6 Å². The van der Waals surface area contributed by atoms with Crippen LogP contribution in [0.3, 0.4) is 0 Å². The van der Waals surface area contributed by atoms with Gasteiger partial charge in [0.15, 0.2) is 11.5 Å². The third kappa shape index (κ3) is 3.89. The fourth-order valence-corrected chi connectivity index (χ4v) is 4.06.